The van der Waals surface area contributed by atoms with E-state index in [-0.39, 0.29) is 29.6 Å². The van der Waals surface area contributed by atoms with Crippen LogP contribution in [-0.4, -0.2) is 51.9 Å². The minimum Gasteiger partial charge on any atom is -0.324 e. The van der Waals surface area contributed by atoms with Gasteiger partial charge in [0.05, 0.1) is 30.5 Å². The Kier molecular flexibility index (Phi) is 3.95. The number of hydrogen-bond acceptors (Lipinski definition) is 3. The number of benzene rings is 1. The summed E-state index contributed by atoms with van der Waals surface area (Å²) in [6.45, 7) is 3.90. The van der Waals surface area contributed by atoms with Gasteiger partial charge in [0, 0.05) is 25.4 Å². The number of amides is 2. The summed E-state index contributed by atoms with van der Waals surface area (Å²) in [6, 6.07) is 7.63. The van der Waals surface area contributed by atoms with Crippen LogP contribution >= 0.6 is 0 Å². The standard InChI is InChI=1S/C18H22N4O3/c1-2-21-16(23)11-15(17(21)24)20-9-7-12(8-10-20)22-14-6-4-3-5-13(14)19-18(22)25/h3-6,12,15H,2,7-11H2,1H3,(H,19,25)/p+1/t15-/m1/s1. The molecule has 2 amide bonds. The van der Waals surface area contributed by atoms with Gasteiger partial charge >= 0.3 is 5.69 Å². The smallest absolute Gasteiger partial charge is 0.324 e. The van der Waals surface area contributed by atoms with E-state index in [9.17, 15) is 14.4 Å². The van der Waals surface area contributed by atoms with Gasteiger partial charge in [0.25, 0.3) is 5.91 Å². The van der Waals surface area contributed by atoms with Gasteiger partial charge in [0.1, 0.15) is 0 Å². The van der Waals surface area contributed by atoms with Gasteiger partial charge in [-0.15, -0.1) is 0 Å². The lowest BCUT2D eigenvalue weighted by molar-refractivity contribution is -0.920. The number of carbonyl (C=O) groups excluding carboxylic acids is 2. The molecule has 4 rings (SSSR count). The average Bonchev–Trinajstić information content (AvgIpc) is 3.10. The maximum atomic E-state index is 12.4. The van der Waals surface area contributed by atoms with Gasteiger partial charge in [-0.25, -0.2) is 4.79 Å². The molecule has 2 aliphatic rings. The third-order valence-electron chi connectivity index (χ3n) is 5.64. The highest BCUT2D eigenvalue weighted by Crippen LogP contribution is 2.21. The number of likely N-dealkylation sites (tertiary alicyclic amines) is 2. The lowest BCUT2D eigenvalue weighted by atomic mass is 10.0. The summed E-state index contributed by atoms with van der Waals surface area (Å²) in [4.78, 5) is 42.2. The molecule has 0 spiro atoms. The zero-order valence-electron chi connectivity index (χ0n) is 14.3. The number of piperidine rings is 1. The van der Waals surface area contributed by atoms with Crippen molar-refractivity contribution in [2.75, 3.05) is 19.6 Å². The lowest BCUT2D eigenvalue weighted by Gasteiger charge is -2.32. The molecule has 2 aliphatic heterocycles. The van der Waals surface area contributed by atoms with Crippen molar-refractivity contribution in [1.82, 2.24) is 14.5 Å². The Morgan fingerprint density at radius 3 is 2.56 bits per heavy atom. The molecule has 2 saturated heterocycles. The number of likely N-dealkylation sites (N-methyl/N-ethyl adjacent to an activating group) is 1. The molecule has 0 unspecified atom stereocenters. The molecule has 7 heteroatoms. The molecule has 1 aromatic heterocycles. The zero-order chi connectivity index (χ0) is 17.6. The molecule has 7 nitrogen and oxygen atoms in total. The quantitative estimate of drug-likeness (QED) is 0.751. The van der Waals surface area contributed by atoms with Gasteiger partial charge in [0.15, 0.2) is 6.04 Å². The number of rotatable bonds is 3. The van der Waals surface area contributed by atoms with Crippen LogP contribution < -0.4 is 10.6 Å². The zero-order valence-corrected chi connectivity index (χ0v) is 14.3. The van der Waals surface area contributed by atoms with Crippen molar-refractivity contribution < 1.29 is 14.5 Å². The fraction of sp³-hybridized carbons (Fsp3) is 0.500. The number of nitrogens with one attached hydrogen (secondary N) is 2. The Balaban J connectivity index is 1.50. The highest BCUT2D eigenvalue weighted by Gasteiger charge is 2.45. The van der Waals surface area contributed by atoms with Gasteiger partial charge in [-0.1, -0.05) is 12.1 Å². The van der Waals surface area contributed by atoms with Crippen LogP contribution in [0.3, 0.4) is 0 Å². The summed E-state index contributed by atoms with van der Waals surface area (Å²) in [6.07, 6.45) is 1.99. The molecule has 132 valence electrons. The van der Waals surface area contributed by atoms with Crippen molar-refractivity contribution in [3.63, 3.8) is 0 Å². The number of para-hydroxylation sites is 2. The molecule has 0 saturated carbocycles. The SMILES string of the molecule is CCN1C(=O)C[C@@H]([NH+]2CCC(n3c(=O)[nH]c4ccccc43)CC2)C1=O. The van der Waals surface area contributed by atoms with Gasteiger partial charge in [-0.3, -0.25) is 19.1 Å². The predicted molar refractivity (Wildman–Crippen MR) is 92.3 cm³/mol. The molecule has 1 atom stereocenters. The van der Waals surface area contributed by atoms with Crippen molar-refractivity contribution in [3.8, 4) is 0 Å². The van der Waals surface area contributed by atoms with E-state index in [0.29, 0.717) is 13.0 Å². The number of fused-ring (bicyclic) bond motifs is 1. The first kappa shape index (κ1) is 16.1. The molecule has 1 aromatic carbocycles. The van der Waals surface area contributed by atoms with Crippen molar-refractivity contribution in [2.24, 2.45) is 0 Å². The van der Waals surface area contributed by atoms with Crippen LogP contribution in [0.4, 0.5) is 0 Å². The third kappa shape index (κ3) is 2.59. The molecule has 2 aromatic rings. The topological polar surface area (TPSA) is 79.6 Å². The van der Waals surface area contributed by atoms with Crippen molar-refractivity contribution >= 4 is 22.8 Å². The fourth-order valence-corrected chi connectivity index (χ4v) is 4.35. The summed E-state index contributed by atoms with van der Waals surface area (Å²) in [5, 5.41) is 0. The predicted octanol–water partition coefficient (Wildman–Crippen LogP) is -0.303. The number of H-pyrrole nitrogens is 1. The number of quaternary nitrogens is 1. The Hall–Kier alpha value is -2.41. The minimum absolute atomic E-state index is 0.0368. The van der Waals surface area contributed by atoms with Crippen LogP contribution in [0.1, 0.15) is 32.2 Å². The van der Waals surface area contributed by atoms with Crippen LogP contribution in [-0.2, 0) is 9.59 Å². The summed E-state index contributed by atoms with van der Waals surface area (Å²) in [5.74, 6) is -0.0924. The van der Waals surface area contributed by atoms with Crippen LogP contribution in [0, 0.1) is 0 Å². The molecular formula is C18H23N4O3+. The first-order valence-electron chi connectivity index (χ1n) is 8.98. The summed E-state index contributed by atoms with van der Waals surface area (Å²) in [7, 11) is 0. The highest BCUT2D eigenvalue weighted by atomic mass is 16.2. The van der Waals surface area contributed by atoms with Crippen LogP contribution in [0.15, 0.2) is 29.1 Å². The minimum atomic E-state index is -0.243. The molecule has 2 N–H and O–H groups in total. The maximum Gasteiger partial charge on any atom is 0.326 e. The monoisotopic (exact) mass is 343 g/mol. The van der Waals surface area contributed by atoms with E-state index in [1.54, 1.807) is 0 Å². The Labute approximate surface area is 145 Å². The van der Waals surface area contributed by atoms with E-state index in [1.165, 1.54) is 9.80 Å². The number of carbonyl (C=O) groups is 2. The van der Waals surface area contributed by atoms with Crippen molar-refractivity contribution in [3.05, 3.63) is 34.7 Å². The van der Waals surface area contributed by atoms with Gasteiger partial charge in [-0.05, 0) is 19.1 Å². The number of nitrogens with zero attached hydrogens (tertiary/aromatic N) is 2. The van der Waals surface area contributed by atoms with Crippen molar-refractivity contribution in [2.45, 2.75) is 38.3 Å². The molecule has 0 radical (unpaired) electrons. The first-order valence-corrected chi connectivity index (χ1v) is 8.98. The van der Waals surface area contributed by atoms with Gasteiger partial charge in [-0.2, -0.15) is 0 Å². The largest absolute Gasteiger partial charge is 0.326 e. The summed E-state index contributed by atoms with van der Waals surface area (Å²) in [5.41, 5.74) is 1.72. The second-order valence-corrected chi connectivity index (χ2v) is 6.94. The number of imide groups is 1. The van der Waals surface area contributed by atoms with Crippen LogP contribution in [0.2, 0.25) is 0 Å². The molecular weight excluding hydrogens is 320 g/mol. The molecule has 25 heavy (non-hydrogen) atoms. The third-order valence-corrected chi connectivity index (χ3v) is 5.64. The fourth-order valence-electron chi connectivity index (χ4n) is 4.35. The van der Waals surface area contributed by atoms with E-state index >= 15 is 0 Å². The normalized spacial score (nSPS) is 27.4. The second-order valence-electron chi connectivity index (χ2n) is 6.94. The Morgan fingerprint density at radius 1 is 1.16 bits per heavy atom. The van der Waals surface area contributed by atoms with Gasteiger partial charge in [0.2, 0.25) is 5.91 Å². The second kappa shape index (κ2) is 6.15. The van der Waals surface area contributed by atoms with Crippen LogP contribution in [0.25, 0.3) is 11.0 Å². The van der Waals surface area contributed by atoms with E-state index in [1.807, 2.05) is 35.8 Å². The Morgan fingerprint density at radius 2 is 1.88 bits per heavy atom. The summed E-state index contributed by atoms with van der Waals surface area (Å²) >= 11 is 0. The van der Waals surface area contributed by atoms with E-state index in [2.05, 4.69) is 4.98 Å². The van der Waals surface area contributed by atoms with E-state index in [4.69, 9.17) is 0 Å². The van der Waals surface area contributed by atoms with Crippen LogP contribution in [0.5, 0.6) is 0 Å². The number of aromatic nitrogens is 2. The number of hydrogen-bond donors (Lipinski definition) is 2. The maximum absolute atomic E-state index is 12.4. The molecule has 2 fully saturated rings. The molecule has 0 aliphatic carbocycles. The highest BCUT2D eigenvalue weighted by molar-refractivity contribution is 6.04. The number of aromatic amines is 1. The molecule has 0 bridgehead atoms. The van der Waals surface area contributed by atoms with Crippen molar-refractivity contribution in [1.29, 1.82) is 0 Å². The number of imidazole rings is 1. The molecule has 3 heterocycles. The average molecular weight is 343 g/mol. The van der Waals surface area contributed by atoms with E-state index in [0.717, 1.165) is 37.0 Å². The van der Waals surface area contributed by atoms with E-state index < -0.39 is 0 Å². The Bertz CT molecular complexity index is 876. The summed E-state index contributed by atoms with van der Waals surface area (Å²) < 4.78 is 1.85. The lowest BCUT2D eigenvalue weighted by Crippen LogP contribution is -3.17. The van der Waals surface area contributed by atoms with Gasteiger partial charge < -0.3 is 9.88 Å². The first-order chi connectivity index (χ1) is 12.1.